The van der Waals surface area contributed by atoms with E-state index in [0.29, 0.717) is 5.92 Å². The molecule has 0 amide bonds. The van der Waals surface area contributed by atoms with Gasteiger partial charge in [-0.3, -0.25) is 0 Å². The summed E-state index contributed by atoms with van der Waals surface area (Å²) in [5, 5.41) is 8.30. The van der Waals surface area contributed by atoms with Crippen LogP contribution in [-0.4, -0.2) is 0 Å². The van der Waals surface area contributed by atoms with E-state index in [9.17, 15) is 0 Å². The first kappa shape index (κ1) is 13.6. The van der Waals surface area contributed by atoms with Crippen molar-refractivity contribution in [1.29, 1.82) is 0 Å². The zero-order valence-corrected chi connectivity index (χ0v) is 14.4. The Morgan fingerprint density at radius 3 is 2.57 bits per heavy atom. The topological polar surface area (TPSA) is 0 Å². The number of benzene rings is 4. The van der Waals surface area contributed by atoms with Gasteiger partial charge in [-0.1, -0.05) is 58.4 Å². The largest absolute Gasteiger partial charge is 0.0879 e. The van der Waals surface area contributed by atoms with E-state index in [2.05, 4.69) is 76.6 Å². The molecule has 0 N–H and O–H groups in total. The van der Waals surface area contributed by atoms with Crippen molar-refractivity contribution in [2.45, 2.75) is 25.2 Å². The summed E-state index contributed by atoms with van der Waals surface area (Å²) in [5.41, 5.74) is 1.48. The fourth-order valence-electron chi connectivity index (χ4n) is 4.21. The molecule has 0 aromatic heterocycles. The Labute approximate surface area is 144 Å². The molecule has 4 aromatic carbocycles. The molecule has 0 saturated carbocycles. The van der Waals surface area contributed by atoms with Gasteiger partial charge in [0.25, 0.3) is 0 Å². The Kier molecular flexibility index (Phi) is 2.99. The summed E-state index contributed by atoms with van der Waals surface area (Å²) < 4.78 is 1.17. The minimum Gasteiger partial charge on any atom is -0.0879 e. The van der Waals surface area contributed by atoms with Crippen LogP contribution in [0.2, 0.25) is 0 Å². The zero-order chi connectivity index (χ0) is 15.4. The van der Waals surface area contributed by atoms with Gasteiger partial charge in [-0.25, -0.2) is 0 Å². The molecule has 0 nitrogen and oxygen atoms in total. The van der Waals surface area contributed by atoms with E-state index < -0.39 is 0 Å². The normalized spacial score (nSPS) is 18.4. The van der Waals surface area contributed by atoms with Crippen LogP contribution in [0.25, 0.3) is 32.3 Å². The van der Waals surface area contributed by atoms with E-state index in [1.807, 2.05) is 0 Å². The van der Waals surface area contributed by atoms with E-state index in [4.69, 9.17) is 0 Å². The number of hydrogen-bond donors (Lipinski definition) is 0. The maximum absolute atomic E-state index is 3.72. The predicted octanol–water partition coefficient (Wildman–Crippen LogP) is 7.17. The van der Waals surface area contributed by atoms with E-state index in [1.165, 1.54) is 61.6 Å². The van der Waals surface area contributed by atoms with Crippen molar-refractivity contribution >= 4 is 48.2 Å². The van der Waals surface area contributed by atoms with Crippen LogP contribution in [0.5, 0.6) is 0 Å². The van der Waals surface area contributed by atoms with Crippen molar-refractivity contribution in [2.24, 2.45) is 0 Å². The zero-order valence-electron chi connectivity index (χ0n) is 12.9. The average Bonchev–Trinajstić information content (AvgIpc) is 2.59. The number of allylic oxidation sites excluding steroid dienone is 2. The van der Waals surface area contributed by atoms with Crippen molar-refractivity contribution in [3.05, 3.63) is 70.7 Å². The molecular weight excluding hydrogens is 344 g/mol. The van der Waals surface area contributed by atoms with Gasteiger partial charge in [0, 0.05) is 10.4 Å². The molecule has 1 atom stereocenters. The monoisotopic (exact) mass is 360 g/mol. The van der Waals surface area contributed by atoms with E-state index >= 15 is 0 Å². The average molecular weight is 361 g/mol. The lowest BCUT2D eigenvalue weighted by molar-refractivity contribution is 0.658. The number of halogens is 1. The molecular formula is C22H17Br. The summed E-state index contributed by atoms with van der Waals surface area (Å²) in [7, 11) is 0. The molecule has 0 aliphatic heterocycles. The highest BCUT2D eigenvalue weighted by atomic mass is 79.9. The SMILES string of the molecule is Brc1cc2ccc3cccc4cc(C5C=CCCC5)c(c1)c2c34. The molecule has 0 bridgehead atoms. The molecule has 0 heterocycles. The summed E-state index contributed by atoms with van der Waals surface area (Å²) in [5.74, 6) is 0.546. The minimum absolute atomic E-state index is 0.546. The van der Waals surface area contributed by atoms with Crippen LogP contribution in [0.4, 0.5) is 0 Å². The second-order valence-corrected chi connectivity index (χ2v) is 7.54. The van der Waals surface area contributed by atoms with E-state index in [1.54, 1.807) is 0 Å². The molecule has 1 aliphatic rings. The first-order valence-corrected chi connectivity index (χ1v) is 9.14. The van der Waals surface area contributed by atoms with Gasteiger partial charge in [0.2, 0.25) is 0 Å². The maximum Gasteiger partial charge on any atom is 0.0187 e. The number of rotatable bonds is 1. The molecule has 1 heteroatoms. The second-order valence-electron chi connectivity index (χ2n) is 6.63. The van der Waals surface area contributed by atoms with Gasteiger partial charge < -0.3 is 0 Å². The lowest BCUT2D eigenvalue weighted by atomic mass is 9.83. The molecule has 112 valence electrons. The maximum atomic E-state index is 3.72. The first-order chi connectivity index (χ1) is 11.3. The third-order valence-corrected chi connectivity index (χ3v) is 5.69. The van der Waals surface area contributed by atoms with E-state index in [-0.39, 0.29) is 0 Å². The highest BCUT2D eigenvalue weighted by Gasteiger charge is 2.18. The summed E-state index contributed by atoms with van der Waals surface area (Å²) in [4.78, 5) is 0. The molecule has 0 spiro atoms. The van der Waals surface area contributed by atoms with Crippen LogP contribution >= 0.6 is 15.9 Å². The summed E-state index contributed by atoms with van der Waals surface area (Å²) in [6.45, 7) is 0. The third-order valence-electron chi connectivity index (χ3n) is 5.23. The Balaban J connectivity index is 1.99. The molecule has 0 radical (unpaired) electrons. The standard InChI is InChI=1S/C22H17Br/c23-18-11-17-10-9-15-7-4-8-16-12-19(14-5-2-1-3-6-14)20(13-18)22(17)21(15)16/h2,4-5,7-14H,1,3,6H2. The van der Waals surface area contributed by atoms with Crippen LogP contribution in [0, 0.1) is 0 Å². The van der Waals surface area contributed by atoms with Crippen molar-refractivity contribution in [1.82, 2.24) is 0 Å². The van der Waals surface area contributed by atoms with Crippen LogP contribution in [-0.2, 0) is 0 Å². The second kappa shape index (κ2) is 5.07. The van der Waals surface area contributed by atoms with Crippen LogP contribution in [0.3, 0.4) is 0 Å². The quantitative estimate of drug-likeness (QED) is 0.249. The van der Waals surface area contributed by atoms with Crippen molar-refractivity contribution < 1.29 is 0 Å². The molecule has 5 rings (SSSR count). The smallest absolute Gasteiger partial charge is 0.0187 e. The van der Waals surface area contributed by atoms with Crippen molar-refractivity contribution in [3.63, 3.8) is 0 Å². The third kappa shape index (κ3) is 2.03. The van der Waals surface area contributed by atoms with Gasteiger partial charge in [-0.05, 0) is 75.3 Å². The van der Waals surface area contributed by atoms with Crippen LogP contribution in [0.15, 0.2) is 65.2 Å². The molecule has 0 saturated heterocycles. The van der Waals surface area contributed by atoms with Crippen LogP contribution in [0.1, 0.15) is 30.7 Å². The molecule has 1 unspecified atom stereocenters. The fraction of sp³-hybridized carbons (Fsp3) is 0.182. The molecule has 4 aromatic rings. The van der Waals surface area contributed by atoms with Crippen molar-refractivity contribution in [3.8, 4) is 0 Å². The summed E-state index contributed by atoms with van der Waals surface area (Å²) >= 11 is 3.72. The minimum atomic E-state index is 0.546. The van der Waals surface area contributed by atoms with Gasteiger partial charge in [-0.15, -0.1) is 0 Å². The molecule has 0 fully saturated rings. The summed E-state index contributed by atoms with van der Waals surface area (Å²) in [6.07, 6.45) is 8.54. The predicted molar refractivity (Wildman–Crippen MR) is 104 cm³/mol. The molecule has 23 heavy (non-hydrogen) atoms. The van der Waals surface area contributed by atoms with E-state index in [0.717, 1.165) is 0 Å². The Morgan fingerprint density at radius 2 is 1.70 bits per heavy atom. The lowest BCUT2D eigenvalue weighted by Gasteiger charge is -2.21. The van der Waals surface area contributed by atoms with Gasteiger partial charge >= 0.3 is 0 Å². The van der Waals surface area contributed by atoms with Crippen LogP contribution < -0.4 is 0 Å². The number of hydrogen-bond acceptors (Lipinski definition) is 0. The van der Waals surface area contributed by atoms with Gasteiger partial charge in [0.1, 0.15) is 0 Å². The lowest BCUT2D eigenvalue weighted by Crippen LogP contribution is -2.01. The van der Waals surface area contributed by atoms with Gasteiger partial charge in [-0.2, -0.15) is 0 Å². The van der Waals surface area contributed by atoms with Crippen molar-refractivity contribution in [2.75, 3.05) is 0 Å². The first-order valence-electron chi connectivity index (χ1n) is 8.35. The summed E-state index contributed by atoms with van der Waals surface area (Å²) in [6, 6.07) is 18.2. The fourth-order valence-corrected chi connectivity index (χ4v) is 4.68. The van der Waals surface area contributed by atoms with Gasteiger partial charge in [0.05, 0.1) is 0 Å². The highest BCUT2D eigenvalue weighted by Crippen LogP contribution is 2.42. The Bertz CT molecular complexity index is 1060. The Hall–Kier alpha value is -1.86. The highest BCUT2D eigenvalue weighted by molar-refractivity contribution is 9.10. The Morgan fingerprint density at radius 1 is 0.870 bits per heavy atom. The van der Waals surface area contributed by atoms with Gasteiger partial charge in [0.15, 0.2) is 0 Å². The molecule has 1 aliphatic carbocycles.